The molecule has 2 bridgehead atoms. The molecule has 0 unspecified atom stereocenters. The summed E-state index contributed by atoms with van der Waals surface area (Å²) in [6.45, 7) is 2.83. The fraction of sp³-hybridized carbons (Fsp3) is 0.417. The largest absolute Gasteiger partial charge is 0.335 e. The molecule has 2 fully saturated rings. The highest BCUT2D eigenvalue weighted by atomic mass is 16.2. The number of nitrogens with zero attached hydrogens (tertiary/aromatic N) is 5. The van der Waals surface area contributed by atoms with Crippen molar-refractivity contribution in [2.75, 3.05) is 6.54 Å². The summed E-state index contributed by atoms with van der Waals surface area (Å²) < 4.78 is 1.72. The van der Waals surface area contributed by atoms with E-state index in [0.29, 0.717) is 23.5 Å². The number of carbonyl (C=O) groups is 1. The fourth-order valence-electron chi connectivity index (χ4n) is 5.50. The molecule has 0 radical (unpaired) electrons. The number of aryl methyl sites for hydroxylation is 2. The molecule has 1 amide bonds. The van der Waals surface area contributed by atoms with Crippen molar-refractivity contribution >= 4 is 5.91 Å². The van der Waals surface area contributed by atoms with Crippen LogP contribution < -0.4 is 0 Å². The van der Waals surface area contributed by atoms with Gasteiger partial charge in [0.05, 0.1) is 23.1 Å². The van der Waals surface area contributed by atoms with Crippen molar-refractivity contribution in [3.05, 3.63) is 59.0 Å². The average molecular weight is 399 g/mol. The number of hydrogen-bond acceptors (Lipinski definition) is 4. The van der Waals surface area contributed by atoms with Crippen LogP contribution in [-0.2, 0) is 12.8 Å². The highest BCUT2D eigenvalue weighted by Gasteiger charge is 2.41. The second-order valence-electron chi connectivity index (χ2n) is 8.90. The third-order valence-corrected chi connectivity index (χ3v) is 7.12. The van der Waals surface area contributed by atoms with E-state index in [2.05, 4.69) is 39.2 Å². The van der Waals surface area contributed by atoms with Crippen molar-refractivity contribution in [1.29, 1.82) is 0 Å². The molecule has 6 heteroatoms. The Morgan fingerprint density at radius 3 is 2.80 bits per heavy atom. The zero-order valence-electron chi connectivity index (χ0n) is 17.2. The van der Waals surface area contributed by atoms with Gasteiger partial charge in [-0.25, -0.2) is 14.6 Å². The third-order valence-electron chi connectivity index (χ3n) is 7.12. The van der Waals surface area contributed by atoms with E-state index in [4.69, 9.17) is 4.98 Å². The molecule has 1 aliphatic heterocycles. The number of rotatable bonds is 2. The molecule has 2 aliphatic carbocycles. The Balaban J connectivity index is 1.38. The molecule has 3 aromatic rings. The summed E-state index contributed by atoms with van der Waals surface area (Å²) in [6, 6.07) is 8.89. The smallest absolute Gasteiger partial charge is 0.257 e. The van der Waals surface area contributed by atoms with Crippen molar-refractivity contribution in [1.82, 2.24) is 24.6 Å². The highest BCUT2D eigenvalue weighted by Crippen LogP contribution is 2.38. The normalized spacial score (nSPS) is 22.0. The number of hydrogen-bond donors (Lipinski definition) is 0. The summed E-state index contributed by atoms with van der Waals surface area (Å²) in [6.07, 6.45) is 10.3. The lowest BCUT2D eigenvalue weighted by atomic mass is 10.0. The monoisotopic (exact) mass is 399 g/mol. The summed E-state index contributed by atoms with van der Waals surface area (Å²) in [5.74, 6) is 1.32. The van der Waals surface area contributed by atoms with E-state index in [-0.39, 0.29) is 5.91 Å². The van der Waals surface area contributed by atoms with Gasteiger partial charge in [-0.1, -0.05) is 24.3 Å². The Kier molecular flexibility index (Phi) is 4.01. The van der Waals surface area contributed by atoms with Crippen molar-refractivity contribution in [2.24, 2.45) is 5.92 Å². The van der Waals surface area contributed by atoms with E-state index in [9.17, 15) is 4.79 Å². The third kappa shape index (κ3) is 2.70. The van der Waals surface area contributed by atoms with Crippen LogP contribution in [0, 0.1) is 12.8 Å². The van der Waals surface area contributed by atoms with Gasteiger partial charge in [0.25, 0.3) is 11.9 Å². The molecule has 6 rings (SSSR count). The van der Waals surface area contributed by atoms with Crippen LogP contribution in [0.3, 0.4) is 0 Å². The first-order valence-corrected chi connectivity index (χ1v) is 11.0. The van der Waals surface area contributed by atoms with E-state index in [1.807, 2.05) is 13.1 Å². The number of carbonyl (C=O) groups excluding carboxylic acids is 1. The Bertz CT molecular complexity index is 1150. The number of piperidine rings is 1. The maximum Gasteiger partial charge on any atom is 0.257 e. The molecule has 2 atom stereocenters. The maximum absolute atomic E-state index is 13.2. The molecule has 30 heavy (non-hydrogen) atoms. The van der Waals surface area contributed by atoms with Gasteiger partial charge in [-0.15, -0.1) is 0 Å². The quantitative estimate of drug-likeness (QED) is 0.658. The van der Waals surface area contributed by atoms with E-state index in [0.717, 1.165) is 50.0 Å². The van der Waals surface area contributed by atoms with E-state index >= 15 is 0 Å². The van der Waals surface area contributed by atoms with E-state index < -0.39 is 0 Å². The SMILES string of the molecule is Cc1c(C(=O)N2C[C@H]3CC[C@H]2C3)cnn1-c1ncc2c(n1)-c1ccccc1CCC2. The van der Waals surface area contributed by atoms with Gasteiger partial charge in [-0.3, -0.25) is 4.79 Å². The predicted octanol–water partition coefficient (Wildman–Crippen LogP) is 3.75. The van der Waals surface area contributed by atoms with Gasteiger partial charge in [-0.2, -0.15) is 5.10 Å². The standard InChI is InChI=1S/C24H25N5O/c1-15-21(23(30)28-14-16-9-10-19(28)11-16)13-26-29(15)24-25-12-18-7-4-6-17-5-2-3-8-20(17)22(18)27-24/h2-3,5,8,12-13,16,19H,4,6-7,9-11,14H2,1H3/t16-,19-/m0/s1. The van der Waals surface area contributed by atoms with Crippen LogP contribution in [0.4, 0.5) is 0 Å². The van der Waals surface area contributed by atoms with Gasteiger partial charge in [0.2, 0.25) is 0 Å². The topological polar surface area (TPSA) is 63.9 Å². The van der Waals surface area contributed by atoms with Gasteiger partial charge in [0.15, 0.2) is 0 Å². The van der Waals surface area contributed by atoms with E-state index in [1.165, 1.54) is 23.1 Å². The molecular formula is C24H25N5O. The van der Waals surface area contributed by atoms with Crippen LogP contribution in [0.25, 0.3) is 17.2 Å². The Morgan fingerprint density at radius 1 is 1.10 bits per heavy atom. The molecule has 1 saturated carbocycles. The molecule has 3 aliphatic rings. The number of aromatic nitrogens is 4. The molecule has 0 N–H and O–H groups in total. The van der Waals surface area contributed by atoms with Crippen LogP contribution in [0.2, 0.25) is 0 Å². The second-order valence-corrected chi connectivity index (χ2v) is 8.90. The summed E-state index contributed by atoms with van der Waals surface area (Å²) in [4.78, 5) is 24.8. The van der Waals surface area contributed by atoms with Crippen LogP contribution in [0.15, 0.2) is 36.7 Å². The Labute approximate surface area is 176 Å². The first-order valence-electron chi connectivity index (χ1n) is 11.0. The minimum absolute atomic E-state index is 0.103. The second kappa shape index (κ2) is 6.76. The minimum Gasteiger partial charge on any atom is -0.335 e. The number of benzene rings is 1. The number of likely N-dealkylation sites (tertiary alicyclic amines) is 1. The van der Waals surface area contributed by atoms with Gasteiger partial charge >= 0.3 is 0 Å². The minimum atomic E-state index is 0.103. The molecule has 1 saturated heterocycles. The van der Waals surface area contributed by atoms with Crippen LogP contribution in [0.5, 0.6) is 0 Å². The lowest BCUT2D eigenvalue weighted by Crippen LogP contribution is -2.37. The number of amides is 1. The van der Waals surface area contributed by atoms with Crippen molar-refractivity contribution in [2.45, 2.75) is 51.5 Å². The van der Waals surface area contributed by atoms with Crippen LogP contribution >= 0.6 is 0 Å². The van der Waals surface area contributed by atoms with Gasteiger partial charge in [0, 0.05) is 24.3 Å². The summed E-state index contributed by atoms with van der Waals surface area (Å²) in [5.41, 5.74) is 6.16. The first-order chi connectivity index (χ1) is 14.7. The summed E-state index contributed by atoms with van der Waals surface area (Å²) in [7, 11) is 0. The van der Waals surface area contributed by atoms with E-state index in [1.54, 1.807) is 10.9 Å². The zero-order chi connectivity index (χ0) is 20.2. The highest BCUT2D eigenvalue weighted by molar-refractivity contribution is 5.95. The Hall–Kier alpha value is -3.02. The molecule has 0 spiro atoms. The molecule has 3 heterocycles. The fourth-order valence-corrected chi connectivity index (χ4v) is 5.50. The molecule has 6 nitrogen and oxygen atoms in total. The lowest BCUT2D eigenvalue weighted by molar-refractivity contribution is 0.0703. The average Bonchev–Trinajstić information content (AvgIpc) is 3.47. The van der Waals surface area contributed by atoms with Gasteiger partial charge in [-0.05, 0) is 62.5 Å². The zero-order valence-corrected chi connectivity index (χ0v) is 17.2. The van der Waals surface area contributed by atoms with Crippen molar-refractivity contribution in [3.8, 4) is 17.2 Å². The van der Waals surface area contributed by atoms with Crippen LogP contribution in [0.1, 0.15) is 52.9 Å². The first kappa shape index (κ1) is 17.8. The summed E-state index contributed by atoms with van der Waals surface area (Å²) in [5, 5.41) is 4.51. The lowest BCUT2D eigenvalue weighted by Gasteiger charge is -2.26. The Morgan fingerprint density at radius 2 is 1.97 bits per heavy atom. The van der Waals surface area contributed by atoms with Crippen molar-refractivity contribution < 1.29 is 4.79 Å². The summed E-state index contributed by atoms with van der Waals surface area (Å²) >= 11 is 0. The van der Waals surface area contributed by atoms with Gasteiger partial charge < -0.3 is 4.90 Å². The maximum atomic E-state index is 13.2. The molecule has 152 valence electrons. The molecular weight excluding hydrogens is 374 g/mol. The predicted molar refractivity (Wildman–Crippen MR) is 114 cm³/mol. The van der Waals surface area contributed by atoms with Crippen LogP contribution in [-0.4, -0.2) is 43.1 Å². The molecule has 1 aromatic carbocycles. The number of fused-ring (bicyclic) bond motifs is 5. The molecule has 2 aromatic heterocycles. The van der Waals surface area contributed by atoms with Crippen molar-refractivity contribution in [3.63, 3.8) is 0 Å². The van der Waals surface area contributed by atoms with Gasteiger partial charge in [0.1, 0.15) is 0 Å².